The van der Waals surface area contributed by atoms with Gasteiger partial charge in [-0.05, 0) is 67.4 Å². The fourth-order valence-corrected chi connectivity index (χ4v) is 5.11. The van der Waals surface area contributed by atoms with E-state index in [1.165, 1.54) is 5.56 Å². The van der Waals surface area contributed by atoms with Crippen molar-refractivity contribution in [1.82, 2.24) is 24.1 Å². The molecule has 0 aliphatic rings. The van der Waals surface area contributed by atoms with Crippen molar-refractivity contribution in [2.24, 2.45) is 0 Å². The molecular weight excluding hydrogens is 498 g/mol. The van der Waals surface area contributed by atoms with Crippen molar-refractivity contribution in [3.63, 3.8) is 0 Å². The second-order valence-corrected chi connectivity index (χ2v) is 9.68. The first-order valence-corrected chi connectivity index (χ1v) is 13.2. The van der Waals surface area contributed by atoms with E-state index in [1.54, 1.807) is 4.57 Å². The van der Waals surface area contributed by atoms with Crippen molar-refractivity contribution < 1.29 is 4.74 Å². The van der Waals surface area contributed by atoms with Gasteiger partial charge in [0.1, 0.15) is 28.2 Å². The average molecular weight is 524 g/mol. The van der Waals surface area contributed by atoms with Gasteiger partial charge < -0.3 is 4.74 Å². The maximum absolute atomic E-state index is 14.0. The van der Waals surface area contributed by atoms with Gasteiger partial charge in [-0.1, -0.05) is 60.7 Å². The van der Waals surface area contributed by atoms with Crippen molar-refractivity contribution in [3.05, 3.63) is 131 Å². The van der Waals surface area contributed by atoms with E-state index in [2.05, 4.69) is 12.1 Å². The van der Waals surface area contributed by atoms with E-state index >= 15 is 0 Å². The van der Waals surface area contributed by atoms with Gasteiger partial charge in [0.2, 0.25) is 0 Å². The molecule has 7 nitrogen and oxygen atoms in total. The average Bonchev–Trinajstić information content (AvgIpc) is 3.30. The summed E-state index contributed by atoms with van der Waals surface area (Å²) in [6.07, 6.45) is 0.727. The summed E-state index contributed by atoms with van der Waals surface area (Å²) < 4.78 is 9.66. The maximum atomic E-state index is 14.0. The number of nitrogens with zero attached hydrogens (tertiary/aromatic N) is 5. The summed E-state index contributed by atoms with van der Waals surface area (Å²) in [5.74, 6) is 2.11. The highest BCUT2D eigenvalue weighted by Gasteiger charge is 2.22. The van der Waals surface area contributed by atoms with E-state index in [-0.39, 0.29) is 5.56 Å². The Kier molecular flexibility index (Phi) is 5.82. The van der Waals surface area contributed by atoms with E-state index in [0.717, 1.165) is 28.9 Å². The number of para-hydroxylation sites is 3. The zero-order chi connectivity index (χ0) is 27.1. The molecule has 40 heavy (non-hydrogen) atoms. The molecule has 0 unspecified atom stereocenters. The number of aromatic nitrogens is 5. The Morgan fingerprint density at radius 2 is 1.30 bits per heavy atom. The monoisotopic (exact) mass is 523 g/mol. The zero-order valence-corrected chi connectivity index (χ0v) is 21.9. The Hall–Kier alpha value is -5.30. The van der Waals surface area contributed by atoms with Crippen molar-refractivity contribution >= 4 is 33.2 Å². The SMILES string of the molecule is Cc1nc2c(c(=O)n1CCc1ccccc1)c1nc3ccccc3nc1n2-c1ccc(Oc2ccccc2)cc1. The molecule has 0 amide bonds. The largest absolute Gasteiger partial charge is 0.457 e. The summed E-state index contributed by atoms with van der Waals surface area (Å²) >= 11 is 0. The normalized spacial score (nSPS) is 11.4. The third-order valence-electron chi connectivity index (χ3n) is 7.09. The predicted molar refractivity (Wildman–Crippen MR) is 157 cm³/mol. The molecule has 0 saturated heterocycles. The van der Waals surface area contributed by atoms with Crippen LogP contribution in [0.25, 0.3) is 38.9 Å². The van der Waals surface area contributed by atoms with Gasteiger partial charge in [0.15, 0.2) is 11.3 Å². The molecule has 7 heteroatoms. The standard InChI is InChI=1S/C33H25N5O2/c1-22-34-31-29(33(39)37(22)21-20-23-10-4-2-5-11-23)30-32(36-28-15-9-8-14-27(28)35-30)38(31)24-16-18-26(19-17-24)40-25-12-6-3-7-13-25/h2-19H,20-21H2,1H3. The Labute approximate surface area is 230 Å². The molecular formula is C33H25N5O2. The molecule has 3 aromatic heterocycles. The van der Waals surface area contributed by atoms with E-state index < -0.39 is 0 Å². The van der Waals surface area contributed by atoms with Crippen LogP contribution >= 0.6 is 0 Å². The number of benzene rings is 4. The second kappa shape index (κ2) is 9.78. The van der Waals surface area contributed by atoms with Crippen LogP contribution in [0.3, 0.4) is 0 Å². The molecule has 0 saturated carbocycles. The predicted octanol–water partition coefficient (Wildman–Crippen LogP) is 6.63. The zero-order valence-electron chi connectivity index (χ0n) is 21.9. The van der Waals surface area contributed by atoms with Gasteiger partial charge in [0, 0.05) is 12.2 Å². The van der Waals surface area contributed by atoms with E-state index in [0.29, 0.717) is 40.3 Å². The van der Waals surface area contributed by atoms with Crippen LogP contribution in [-0.4, -0.2) is 24.1 Å². The minimum atomic E-state index is -0.115. The number of fused-ring (bicyclic) bond motifs is 4. The van der Waals surface area contributed by atoms with Crippen molar-refractivity contribution in [2.45, 2.75) is 19.9 Å². The summed E-state index contributed by atoms with van der Waals surface area (Å²) in [5.41, 5.74) is 5.04. The van der Waals surface area contributed by atoms with Crippen LogP contribution in [0.4, 0.5) is 0 Å². The molecule has 3 heterocycles. The third-order valence-corrected chi connectivity index (χ3v) is 7.09. The molecule has 0 N–H and O–H groups in total. The topological polar surface area (TPSA) is 74.8 Å². The lowest BCUT2D eigenvalue weighted by molar-refractivity contribution is 0.482. The molecule has 0 aliphatic carbocycles. The van der Waals surface area contributed by atoms with Crippen LogP contribution in [0.5, 0.6) is 11.5 Å². The Morgan fingerprint density at radius 3 is 2.02 bits per heavy atom. The molecule has 7 aromatic rings. The minimum absolute atomic E-state index is 0.115. The van der Waals surface area contributed by atoms with Gasteiger partial charge in [-0.2, -0.15) is 0 Å². The summed E-state index contributed by atoms with van der Waals surface area (Å²) in [6.45, 7) is 2.40. The van der Waals surface area contributed by atoms with Crippen LogP contribution in [0.1, 0.15) is 11.4 Å². The summed E-state index contributed by atoms with van der Waals surface area (Å²) in [7, 11) is 0. The van der Waals surface area contributed by atoms with Crippen LogP contribution in [0, 0.1) is 6.92 Å². The number of hydrogen-bond acceptors (Lipinski definition) is 5. The number of ether oxygens (including phenoxy) is 1. The van der Waals surface area contributed by atoms with E-state index in [9.17, 15) is 4.79 Å². The molecule has 0 radical (unpaired) electrons. The Balaban J connectivity index is 1.40. The van der Waals surface area contributed by atoms with Gasteiger partial charge in [0.05, 0.1) is 11.0 Å². The molecule has 194 valence electrons. The number of hydrogen-bond donors (Lipinski definition) is 0. The Bertz CT molecular complexity index is 2050. The highest BCUT2D eigenvalue weighted by molar-refractivity contribution is 6.05. The smallest absolute Gasteiger partial charge is 0.265 e. The third kappa shape index (κ3) is 4.18. The lowest BCUT2D eigenvalue weighted by atomic mass is 10.1. The molecule has 0 atom stereocenters. The summed E-state index contributed by atoms with van der Waals surface area (Å²) in [6, 6.07) is 35.2. The van der Waals surface area contributed by atoms with Gasteiger partial charge in [-0.15, -0.1) is 0 Å². The molecule has 0 spiro atoms. The number of rotatable bonds is 6. The van der Waals surface area contributed by atoms with E-state index in [1.807, 2.05) is 109 Å². The molecule has 0 fully saturated rings. The van der Waals surface area contributed by atoms with Crippen molar-refractivity contribution in [1.29, 1.82) is 0 Å². The van der Waals surface area contributed by atoms with Crippen LogP contribution in [-0.2, 0) is 13.0 Å². The lowest BCUT2D eigenvalue weighted by Gasteiger charge is -2.12. The van der Waals surface area contributed by atoms with Crippen LogP contribution in [0.15, 0.2) is 114 Å². The first-order valence-electron chi connectivity index (χ1n) is 13.2. The highest BCUT2D eigenvalue weighted by atomic mass is 16.5. The highest BCUT2D eigenvalue weighted by Crippen LogP contribution is 2.30. The molecule has 0 bridgehead atoms. The van der Waals surface area contributed by atoms with Gasteiger partial charge in [0.25, 0.3) is 5.56 Å². The van der Waals surface area contributed by atoms with Crippen molar-refractivity contribution in [3.8, 4) is 17.2 Å². The Morgan fingerprint density at radius 1 is 0.675 bits per heavy atom. The van der Waals surface area contributed by atoms with Gasteiger partial charge in [-0.3, -0.25) is 13.9 Å². The minimum Gasteiger partial charge on any atom is -0.457 e. The first kappa shape index (κ1) is 23.8. The van der Waals surface area contributed by atoms with E-state index in [4.69, 9.17) is 19.7 Å². The van der Waals surface area contributed by atoms with Crippen LogP contribution in [0.2, 0.25) is 0 Å². The first-order chi connectivity index (χ1) is 19.7. The second-order valence-electron chi connectivity index (χ2n) is 9.68. The number of aryl methyl sites for hydroxylation is 2. The fourth-order valence-electron chi connectivity index (χ4n) is 5.11. The maximum Gasteiger partial charge on any atom is 0.265 e. The van der Waals surface area contributed by atoms with Gasteiger partial charge >= 0.3 is 0 Å². The molecule has 7 rings (SSSR count). The molecule has 4 aromatic carbocycles. The quantitative estimate of drug-likeness (QED) is 0.245. The van der Waals surface area contributed by atoms with Gasteiger partial charge in [-0.25, -0.2) is 15.0 Å². The fraction of sp³-hybridized carbons (Fsp3) is 0.0909. The van der Waals surface area contributed by atoms with Crippen molar-refractivity contribution in [2.75, 3.05) is 0 Å². The summed E-state index contributed by atoms with van der Waals surface area (Å²) in [4.78, 5) is 28.9. The molecule has 0 aliphatic heterocycles. The lowest BCUT2D eigenvalue weighted by Crippen LogP contribution is -2.25. The van der Waals surface area contributed by atoms with Crippen LogP contribution < -0.4 is 10.3 Å². The summed E-state index contributed by atoms with van der Waals surface area (Å²) in [5, 5.41) is 0.469.